The Morgan fingerprint density at radius 1 is 1.00 bits per heavy atom. The molecule has 0 saturated carbocycles. The molecule has 1 aliphatic rings. The van der Waals surface area contributed by atoms with Crippen molar-refractivity contribution in [3.63, 3.8) is 0 Å². The zero-order valence-electron chi connectivity index (χ0n) is 12.5. The molecule has 0 fully saturated rings. The highest BCUT2D eigenvalue weighted by atomic mass is 19.4. The monoisotopic (exact) mass is 343 g/mol. The van der Waals surface area contributed by atoms with E-state index in [1.165, 1.54) is 19.9 Å². The Balaban J connectivity index is 2.82. The van der Waals surface area contributed by atoms with E-state index in [2.05, 4.69) is 5.32 Å². The van der Waals surface area contributed by atoms with E-state index < -0.39 is 44.5 Å². The van der Waals surface area contributed by atoms with E-state index in [1.54, 1.807) is 0 Å². The summed E-state index contributed by atoms with van der Waals surface area (Å²) >= 11 is 0. The number of alkyl halides is 3. The van der Waals surface area contributed by atoms with Crippen molar-refractivity contribution in [3.05, 3.63) is 78.4 Å². The third kappa shape index (κ3) is 2.94. The molecular formula is C14H12F3N3O4. The molecule has 0 aromatic heterocycles. The van der Waals surface area contributed by atoms with Gasteiger partial charge in [0.2, 0.25) is 0 Å². The first-order valence-corrected chi connectivity index (χ1v) is 6.69. The van der Waals surface area contributed by atoms with Gasteiger partial charge in [-0.25, -0.2) is 0 Å². The largest absolute Gasteiger partial charge is 0.416 e. The first-order chi connectivity index (χ1) is 11.1. The third-order valence-corrected chi connectivity index (χ3v) is 3.66. The van der Waals surface area contributed by atoms with Crippen LogP contribution in [0.2, 0.25) is 0 Å². The second-order valence-electron chi connectivity index (χ2n) is 5.18. The minimum atomic E-state index is -4.80. The number of hydrogen-bond donors (Lipinski definition) is 1. The topological polar surface area (TPSA) is 98.3 Å². The van der Waals surface area contributed by atoms with Gasteiger partial charge in [0.1, 0.15) is 0 Å². The minimum Gasteiger partial charge on any atom is -0.352 e. The summed E-state index contributed by atoms with van der Waals surface area (Å²) in [5, 5.41) is 25.2. The molecule has 0 saturated heterocycles. The number of allylic oxidation sites excluding steroid dienone is 2. The van der Waals surface area contributed by atoms with Crippen LogP contribution < -0.4 is 5.32 Å². The van der Waals surface area contributed by atoms with Gasteiger partial charge >= 0.3 is 6.18 Å². The van der Waals surface area contributed by atoms with Gasteiger partial charge in [0.25, 0.3) is 11.4 Å². The molecule has 128 valence electrons. The Bertz CT molecular complexity index is 748. The van der Waals surface area contributed by atoms with Gasteiger partial charge < -0.3 is 5.32 Å². The zero-order chi connectivity index (χ0) is 18.2. The Hall–Kier alpha value is -2.91. The Kier molecular flexibility index (Phi) is 4.32. The van der Waals surface area contributed by atoms with Crippen LogP contribution in [-0.2, 0) is 6.18 Å². The molecule has 0 bridgehead atoms. The molecule has 7 nitrogen and oxygen atoms in total. The molecule has 2 rings (SSSR count). The highest BCUT2D eigenvalue weighted by Crippen LogP contribution is 2.43. The molecule has 1 aromatic rings. The van der Waals surface area contributed by atoms with Gasteiger partial charge in [0, 0.05) is 0 Å². The molecule has 1 aromatic carbocycles. The van der Waals surface area contributed by atoms with Gasteiger partial charge in [-0.3, -0.25) is 20.2 Å². The van der Waals surface area contributed by atoms with Crippen molar-refractivity contribution >= 4 is 0 Å². The van der Waals surface area contributed by atoms with Crippen LogP contribution in [-0.4, -0.2) is 9.85 Å². The average Bonchev–Trinajstić information content (AvgIpc) is 2.44. The Labute approximate surface area is 133 Å². The van der Waals surface area contributed by atoms with Gasteiger partial charge in [-0.05, 0) is 25.5 Å². The molecule has 1 N–H and O–H groups in total. The molecule has 0 radical (unpaired) electrons. The van der Waals surface area contributed by atoms with E-state index in [1.807, 2.05) is 0 Å². The number of dihydropyridines is 1. The molecule has 10 heteroatoms. The summed E-state index contributed by atoms with van der Waals surface area (Å²) in [4.78, 5) is 20.9. The van der Waals surface area contributed by atoms with Gasteiger partial charge in [-0.15, -0.1) is 0 Å². The summed E-state index contributed by atoms with van der Waals surface area (Å²) < 4.78 is 39.8. The molecule has 0 amide bonds. The van der Waals surface area contributed by atoms with Gasteiger partial charge in [-0.2, -0.15) is 13.2 Å². The van der Waals surface area contributed by atoms with E-state index >= 15 is 0 Å². The summed E-state index contributed by atoms with van der Waals surface area (Å²) in [6.07, 6.45) is -4.80. The lowest BCUT2D eigenvalue weighted by molar-refractivity contribution is -0.457. The summed E-state index contributed by atoms with van der Waals surface area (Å²) in [6.45, 7) is 2.59. The molecule has 1 heterocycles. The zero-order valence-corrected chi connectivity index (χ0v) is 12.5. The van der Waals surface area contributed by atoms with E-state index in [9.17, 15) is 33.4 Å². The van der Waals surface area contributed by atoms with Gasteiger partial charge in [0.15, 0.2) is 5.92 Å². The van der Waals surface area contributed by atoms with Crippen molar-refractivity contribution in [2.75, 3.05) is 0 Å². The second-order valence-corrected chi connectivity index (χ2v) is 5.18. The first-order valence-electron chi connectivity index (χ1n) is 6.69. The van der Waals surface area contributed by atoms with Crippen molar-refractivity contribution < 1.29 is 23.0 Å². The maximum absolute atomic E-state index is 13.3. The SMILES string of the molecule is CC1=C([N+](=O)[O-])C(c2ccccc2C(F)(F)F)C([N+](=O)[O-])=C(C)N1. The van der Waals surface area contributed by atoms with Crippen molar-refractivity contribution in [1.29, 1.82) is 0 Å². The van der Waals surface area contributed by atoms with E-state index in [-0.39, 0.29) is 11.4 Å². The van der Waals surface area contributed by atoms with Crippen LogP contribution in [0.4, 0.5) is 13.2 Å². The maximum atomic E-state index is 13.3. The average molecular weight is 343 g/mol. The third-order valence-electron chi connectivity index (χ3n) is 3.66. The normalized spacial score (nSPS) is 16.2. The fraction of sp³-hybridized carbons (Fsp3) is 0.286. The molecule has 1 aliphatic heterocycles. The Morgan fingerprint density at radius 3 is 1.88 bits per heavy atom. The van der Waals surface area contributed by atoms with E-state index in [0.29, 0.717) is 0 Å². The fourth-order valence-corrected chi connectivity index (χ4v) is 2.76. The predicted molar refractivity (Wildman–Crippen MR) is 76.7 cm³/mol. The minimum absolute atomic E-state index is 0.0370. The number of rotatable bonds is 3. The lowest BCUT2D eigenvalue weighted by Crippen LogP contribution is -2.31. The van der Waals surface area contributed by atoms with Crippen molar-refractivity contribution in [1.82, 2.24) is 5.32 Å². The molecule has 0 spiro atoms. The Morgan fingerprint density at radius 2 is 1.46 bits per heavy atom. The van der Waals surface area contributed by atoms with Crippen LogP contribution in [0, 0.1) is 20.2 Å². The van der Waals surface area contributed by atoms with Crippen molar-refractivity contribution in [2.24, 2.45) is 0 Å². The standard InChI is InChI=1S/C14H12F3N3O4/c1-7-12(19(21)22)11(13(20(23)24)8(2)18-7)9-5-3-4-6-10(9)14(15,16)17/h3-6,11,18H,1-2H3. The lowest BCUT2D eigenvalue weighted by Gasteiger charge is -2.24. The van der Waals surface area contributed by atoms with E-state index in [0.717, 1.165) is 18.2 Å². The quantitative estimate of drug-likeness (QED) is 0.670. The number of benzene rings is 1. The van der Waals surface area contributed by atoms with Crippen LogP contribution in [0.1, 0.15) is 30.9 Å². The maximum Gasteiger partial charge on any atom is 0.416 e. The van der Waals surface area contributed by atoms with Crippen LogP contribution >= 0.6 is 0 Å². The smallest absolute Gasteiger partial charge is 0.352 e. The lowest BCUT2D eigenvalue weighted by atomic mass is 9.85. The fourth-order valence-electron chi connectivity index (χ4n) is 2.76. The number of nitrogens with one attached hydrogen (secondary N) is 1. The second kappa shape index (κ2) is 5.95. The summed E-state index contributed by atoms with van der Waals surface area (Å²) in [7, 11) is 0. The summed E-state index contributed by atoms with van der Waals surface area (Å²) in [5.41, 5.74) is -3.09. The highest BCUT2D eigenvalue weighted by molar-refractivity contribution is 5.45. The molecule has 0 unspecified atom stereocenters. The number of halogens is 3. The number of hydrogen-bond acceptors (Lipinski definition) is 5. The summed E-state index contributed by atoms with van der Waals surface area (Å²) in [6, 6.07) is 4.15. The van der Waals surface area contributed by atoms with Gasteiger partial charge in [0.05, 0.1) is 26.8 Å². The molecule has 24 heavy (non-hydrogen) atoms. The first kappa shape index (κ1) is 17.4. The summed E-state index contributed by atoms with van der Waals surface area (Å²) in [5.74, 6) is -1.73. The molecule has 0 aliphatic carbocycles. The van der Waals surface area contributed by atoms with Crippen molar-refractivity contribution in [2.45, 2.75) is 25.9 Å². The van der Waals surface area contributed by atoms with Crippen LogP contribution in [0.5, 0.6) is 0 Å². The molecular weight excluding hydrogens is 331 g/mol. The van der Waals surface area contributed by atoms with Crippen LogP contribution in [0.25, 0.3) is 0 Å². The van der Waals surface area contributed by atoms with Gasteiger partial charge in [-0.1, -0.05) is 18.2 Å². The van der Waals surface area contributed by atoms with Crippen molar-refractivity contribution in [3.8, 4) is 0 Å². The van der Waals surface area contributed by atoms with E-state index in [4.69, 9.17) is 0 Å². The molecule has 0 atom stereocenters. The highest BCUT2D eigenvalue weighted by Gasteiger charge is 2.47. The number of nitro groups is 2. The van der Waals surface area contributed by atoms with Crippen LogP contribution in [0.15, 0.2) is 47.1 Å². The van der Waals surface area contributed by atoms with Crippen LogP contribution in [0.3, 0.4) is 0 Å². The number of nitrogens with zero attached hydrogens (tertiary/aromatic N) is 2. The predicted octanol–water partition coefficient (Wildman–Crippen LogP) is 3.41.